The second-order valence-corrected chi connectivity index (χ2v) is 3.44. The molecule has 0 aromatic heterocycles. The van der Waals surface area contributed by atoms with Gasteiger partial charge in [-0.2, -0.15) is 0 Å². The van der Waals surface area contributed by atoms with Crippen LogP contribution in [-0.4, -0.2) is 9.56 Å². The molecule has 0 spiro atoms. The molecule has 11 heavy (non-hydrogen) atoms. The third kappa shape index (κ3) is 2.36. The highest BCUT2D eigenvalue weighted by Crippen LogP contribution is 2.06. The lowest BCUT2D eigenvalue weighted by Crippen LogP contribution is -1.86. The number of rotatable bonds is 2. The Balaban J connectivity index is 3.00. The molecule has 0 amide bonds. The minimum absolute atomic E-state index is 0.612. The molecule has 0 radical (unpaired) electrons. The largest absolute Gasteiger partial charge is 0.131 e. The minimum Gasteiger partial charge on any atom is -0.131 e. The van der Waals surface area contributed by atoms with E-state index in [0.29, 0.717) is 4.20 Å². The normalized spacial score (nSPS) is 9.18. The zero-order chi connectivity index (χ0) is 8.27. The highest BCUT2D eigenvalue weighted by Gasteiger charge is 1.93. The molecule has 1 rings (SSSR count). The van der Waals surface area contributed by atoms with Crippen molar-refractivity contribution >= 4 is 46.6 Å². The molecule has 0 fully saturated rings. The molecule has 0 atom stereocenters. The SMILES string of the molecule is S=Cc1ccc(C(=S)S)cc1. The van der Waals surface area contributed by atoms with Crippen molar-refractivity contribution < 1.29 is 0 Å². The van der Waals surface area contributed by atoms with Crippen LogP contribution in [0.5, 0.6) is 0 Å². The highest BCUT2D eigenvalue weighted by molar-refractivity contribution is 8.11. The van der Waals surface area contributed by atoms with E-state index in [0.717, 1.165) is 11.1 Å². The summed E-state index contributed by atoms with van der Waals surface area (Å²) >= 11 is 13.7. The van der Waals surface area contributed by atoms with Crippen LogP contribution in [0.4, 0.5) is 0 Å². The molecule has 3 heteroatoms. The summed E-state index contributed by atoms with van der Waals surface area (Å²) in [6.45, 7) is 0. The van der Waals surface area contributed by atoms with E-state index in [-0.39, 0.29) is 0 Å². The summed E-state index contributed by atoms with van der Waals surface area (Å²) in [4.78, 5) is 0. The third-order valence-corrected chi connectivity index (χ3v) is 2.06. The van der Waals surface area contributed by atoms with Crippen molar-refractivity contribution in [2.45, 2.75) is 0 Å². The van der Waals surface area contributed by atoms with E-state index >= 15 is 0 Å². The molecule has 0 bridgehead atoms. The monoisotopic (exact) mass is 198 g/mol. The van der Waals surface area contributed by atoms with Crippen molar-refractivity contribution in [1.82, 2.24) is 0 Å². The molecule has 0 saturated heterocycles. The van der Waals surface area contributed by atoms with Gasteiger partial charge in [0.1, 0.15) is 0 Å². The van der Waals surface area contributed by atoms with Crippen molar-refractivity contribution in [1.29, 1.82) is 0 Å². The molecule has 0 aliphatic rings. The van der Waals surface area contributed by atoms with Crippen LogP contribution in [0.15, 0.2) is 24.3 Å². The Morgan fingerprint density at radius 1 is 1.27 bits per heavy atom. The number of thiocarbonyl (C=S) groups is 2. The van der Waals surface area contributed by atoms with Gasteiger partial charge >= 0.3 is 0 Å². The lowest BCUT2D eigenvalue weighted by molar-refractivity contribution is 1.66. The van der Waals surface area contributed by atoms with Gasteiger partial charge in [0.25, 0.3) is 0 Å². The minimum atomic E-state index is 0.612. The van der Waals surface area contributed by atoms with Crippen molar-refractivity contribution in [3.63, 3.8) is 0 Å². The topological polar surface area (TPSA) is 0 Å². The van der Waals surface area contributed by atoms with Crippen molar-refractivity contribution in [3.8, 4) is 0 Å². The van der Waals surface area contributed by atoms with Crippen LogP contribution >= 0.6 is 37.1 Å². The van der Waals surface area contributed by atoms with Gasteiger partial charge in [0.2, 0.25) is 0 Å². The van der Waals surface area contributed by atoms with Gasteiger partial charge in [0.15, 0.2) is 0 Å². The third-order valence-electron chi connectivity index (χ3n) is 1.29. The van der Waals surface area contributed by atoms with E-state index in [1.807, 2.05) is 24.3 Å². The van der Waals surface area contributed by atoms with Crippen molar-refractivity contribution in [2.75, 3.05) is 0 Å². The lowest BCUT2D eigenvalue weighted by Gasteiger charge is -1.95. The molecule has 0 heterocycles. The average molecular weight is 198 g/mol. The van der Waals surface area contributed by atoms with Crippen LogP contribution in [0.3, 0.4) is 0 Å². The van der Waals surface area contributed by atoms with E-state index in [2.05, 4.69) is 12.6 Å². The first-order valence-corrected chi connectivity index (χ1v) is 4.35. The number of hydrogen-bond acceptors (Lipinski definition) is 2. The van der Waals surface area contributed by atoms with Gasteiger partial charge in [-0.15, -0.1) is 12.6 Å². The maximum absolute atomic E-state index is 4.87. The first-order chi connectivity index (χ1) is 5.24. The molecular formula is C8H6S3. The highest BCUT2D eigenvalue weighted by atomic mass is 32.1. The molecule has 0 unspecified atom stereocenters. The second-order valence-electron chi connectivity index (χ2n) is 2.05. The van der Waals surface area contributed by atoms with Gasteiger partial charge in [0.05, 0.1) is 4.20 Å². The molecule has 0 N–H and O–H groups in total. The van der Waals surface area contributed by atoms with Gasteiger partial charge < -0.3 is 0 Å². The average Bonchev–Trinajstić information content (AvgIpc) is 2.05. The molecular weight excluding hydrogens is 192 g/mol. The van der Waals surface area contributed by atoms with Crippen molar-refractivity contribution in [2.24, 2.45) is 0 Å². The molecule has 0 nitrogen and oxygen atoms in total. The van der Waals surface area contributed by atoms with Gasteiger partial charge in [-0.05, 0) is 11.1 Å². The van der Waals surface area contributed by atoms with E-state index in [1.54, 1.807) is 5.37 Å². The summed E-state index contributed by atoms with van der Waals surface area (Å²) in [6, 6.07) is 7.66. The Morgan fingerprint density at radius 3 is 2.18 bits per heavy atom. The summed E-state index contributed by atoms with van der Waals surface area (Å²) in [5, 5.41) is 1.63. The first-order valence-electron chi connectivity index (χ1n) is 3.02. The number of thiol groups is 1. The molecule has 56 valence electrons. The quantitative estimate of drug-likeness (QED) is 0.573. The molecule has 0 saturated carbocycles. The fraction of sp³-hybridized carbons (Fsp3) is 0. The molecule has 1 aromatic carbocycles. The van der Waals surface area contributed by atoms with Gasteiger partial charge in [-0.1, -0.05) is 48.7 Å². The maximum atomic E-state index is 4.87. The lowest BCUT2D eigenvalue weighted by atomic mass is 10.2. The first kappa shape index (κ1) is 8.84. The van der Waals surface area contributed by atoms with E-state index < -0.39 is 0 Å². The predicted octanol–water partition coefficient (Wildman–Crippen LogP) is 2.64. The fourth-order valence-corrected chi connectivity index (χ4v) is 1.15. The predicted molar refractivity (Wildman–Crippen MR) is 59.9 cm³/mol. The fourth-order valence-electron chi connectivity index (χ4n) is 0.704. The van der Waals surface area contributed by atoms with Crippen LogP contribution in [0.25, 0.3) is 0 Å². The Kier molecular flexibility index (Phi) is 3.17. The van der Waals surface area contributed by atoms with Gasteiger partial charge in [0, 0.05) is 5.37 Å². The summed E-state index contributed by atoms with van der Waals surface area (Å²) in [6.07, 6.45) is 0. The zero-order valence-electron chi connectivity index (χ0n) is 5.65. The van der Waals surface area contributed by atoms with Crippen LogP contribution in [0, 0.1) is 0 Å². The standard InChI is InChI=1S/C8H6S3/c9-5-6-1-3-7(4-2-6)8(10)11/h1-5H,(H,10,11). The van der Waals surface area contributed by atoms with Crippen LogP contribution < -0.4 is 0 Å². The van der Waals surface area contributed by atoms with Gasteiger partial charge in [-0.25, -0.2) is 0 Å². The van der Waals surface area contributed by atoms with E-state index in [1.165, 1.54) is 0 Å². The Bertz CT molecular complexity index is 274. The van der Waals surface area contributed by atoms with Gasteiger partial charge in [-0.3, -0.25) is 0 Å². The Morgan fingerprint density at radius 2 is 1.82 bits per heavy atom. The smallest absolute Gasteiger partial charge is 0.0747 e. The zero-order valence-corrected chi connectivity index (χ0v) is 8.18. The van der Waals surface area contributed by atoms with Crippen molar-refractivity contribution in [3.05, 3.63) is 35.4 Å². The van der Waals surface area contributed by atoms with E-state index in [9.17, 15) is 0 Å². The summed E-state index contributed by atoms with van der Waals surface area (Å²) in [5.41, 5.74) is 1.98. The molecule has 0 aliphatic heterocycles. The Labute approximate surface area is 82.0 Å². The van der Waals surface area contributed by atoms with Crippen LogP contribution in [0.1, 0.15) is 11.1 Å². The van der Waals surface area contributed by atoms with Crippen LogP contribution in [-0.2, 0) is 0 Å². The maximum Gasteiger partial charge on any atom is 0.0747 e. The summed E-state index contributed by atoms with van der Waals surface area (Å²) in [7, 11) is 0. The molecule has 1 aromatic rings. The molecule has 0 aliphatic carbocycles. The summed E-state index contributed by atoms with van der Waals surface area (Å²) < 4.78 is 0.612. The second kappa shape index (κ2) is 3.95. The summed E-state index contributed by atoms with van der Waals surface area (Å²) in [5.74, 6) is 0. The van der Waals surface area contributed by atoms with Crippen LogP contribution in [0.2, 0.25) is 0 Å². The number of benzene rings is 1. The van der Waals surface area contributed by atoms with E-state index in [4.69, 9.17) is 24.4 Å². The Hall–Kier alpha value is -0.250. The number of hydrogen-bond donors (Lipinski definition) is 1.